The number of nitrogens with zero attached hydrogens (tertiary/aromatic N) is 2. The molecule has 0 spiro atoms. The topological polar surface area (TPSA) is 47.0 Å². The monoisotopic (exact) mass is 243 g/mol. The van der Waals surface area contributed by atoms with Crippen LogP contribution in [0.15, 0.2) is 0 Å². The molecular weight excluding hydrogens is 226 g/mol. The van der Waals surface area contributed by atoms with Gasteiger partial charge in [0.05, 0.1) is 0 Å². The van der Waals surface area contributed by atoms with Gasteiger partial charge in [0, 0.05) is 25.3 Å². The van der Waals surface area contributed by atoms with Crippen LogP contribution >= 0.6 is 11.6 Å². The molecule has 0 aliphatic heterocycles. The highest BCUT2D eigenvalue weighted by atomic mass is 35.5. The normalized spacial score (nSPS) is 12.6. The van der Waals surface area contributed by atoms with E-state index in [1.165, 1.54) is 0 Å². The van der Waals surface area contributed by atoms with Gasteiger partial charge in [-0.3, -0.25) is 0 Å². The first-order valence-electron chi connectivity index (χ1n) is 5.30. The van der Waals surface area contributed by atoms with Crippen molar-refractivity contribution in [2.24, 2.45) is 0 Å². The minimum Gasteiger partial charge on any atom is -0.385 e. The van der Waals surface area contributed by atoms with Gasteiger partial charge in [-0.25, -0.2) is 9.97 Å². The Hall–Kier alpha value is -0.870. The number of nitrogens with one attached hydrogen (secondary N) is 1. The van der Waals surface area contributed by atoms with E-state index in [0.29, 0.717) is 17.0 Å². The van der Waals surface area contributed by atoms with E-state index >= 15 is 0 Å². The highest BCUT2D eigenvalue weighted by Crippen LogP contribution is 2.20. The smallest absolute Gasteiger partial charge is 0.137 e. The van der Waals surface area contributed by atoms with Crippen molar-refractivity contribution in [1.82, 2.24) is 9.97 Å². The number of aromatic nitrogens is 2. The van der Waals surface area contributed by atoms with E-state index in [4.69, 9.17) is 16.3 Å². The van der Waals surface area contributed by atoms with E-state index in [9.17, 15) is 0 Å². The standard InChI is InChI=1S/C11H18ClN3O/c1-7(5-6-16-4)13-11-8(2)10(12)14-9(3)15-11/h7H,5-6H2,1-4H3,(H,13,14,15). The maximum atomic E-state index is 5.99. The first-order chi connectivity index (χ1) is 7.54. The summed E-state index contributed by atoms with van der Waals surface area (Å²) in [6.07, 6.45) is 0.927. The molecule has 0 aliphatic carbocycles. The second-order valence-electron chi connectivity index (χ2n) is 3.86. The van der Waals surface area contributed by atoms with Crippen molar-refractivity contribution in [2.75, 3.05) is 19.0 Å². The second-order valence-corrected chi connectivity index (χ2v) is 4.22. The van der Waals surface area contributed by atoms with Crippen molar-refractivity contribution in [2.45, 2.75) is 33.2 Å². The summed E-state index contributed by atoms with van der Waals surface area (Å²) in [5.41, 5.74) is 0.886. The molecule has 1 atom stereocenters. The van der Waals surface area contributed by atoms with Crippen LogP contribution in [0.3, 0.4) is 0 Å². The molecule has 1 aromatic rings. The summed E-state index contributed by atoms with van der Waals surface area (Å²) >= 11 is 5.99. The van der Waals surface area contributed by atoms with Crippen molar-refractivity contribution in [3.63, 3.8) is 0 Å². The minimum atomic E-state index is 0.295. The van der Waals surface area contributed by atoms with E-state index in [1.807, 2.05) is 13.8 Å². The molecule has 4 nitrogen and oxygen atoms in total. The van der Waals surface area contributed by atoms with Gasteiger partial charge < -0.3 is 10.1 Å². The van der Waals surface area contributed by atoms with E-state index in [0.717, 1.165) is 24.4 Å². The Labute approximate surface area is 101 Å². The van der Waals surface area contributed by atoms with E-state index in [-0.39, 0.29) is 0 Å². The van der Waals surface area contributed by atoms with Crippen LogP contribution in [0.25, 0.3) is 0 Å². The number of hydrogen-bond acceptors (Lipinski definition) is 4. The summed E-state index contributed by atoms with van der Waals surface area (Å²) in [6.45, 7) is 6.55. The average Bonchev–Trinajstić information content (AvgIpc) is 2.22. The summed E-state index contributed by atoms with van der Waals surface area (Å²) in [4.78, 5) is 8.43. The Morgan fingerprint density at radius 2 is 2.06 bits per heavy atom. The molecule has 1 aromatic heterocycles. The van der Waals surface area contributed by atoms with Crippen molar-refractivity contribution >= 4 is 17.4 Å². The van der Waals surface area contributed by atoms with Crippen molar-refractivity contribution in [1.29, 1.82) is 0 Å². The van der Waals surface area contributed by atoms with Gasteiger partial charge in [0.15, 0.2) is 0 Å². The molecule has 90 valence electrons. The third-order valence-corrected chi connectivity index (χ3v) is 2.70. The number of methoxy groups -OCH3 is 1. The second kappa shape index (κ2) is 6.01. The first kappa shape index (κ1) is 13.2. The van der Waals surface area contributed by atoms with Crippen LogP contribution in [0, 0.1) is 13.8 Å². The van der Waals surface area contributed by atoms with Crippen LogP contribution in [0.4, 0.5) is 5.82 Å². The van der Waals surface area contributed by atoms with E-state index in [1.54, 1.807) is 7.11 Å². The average molecular weight is 244 g/mol. The lowest BCUT2D eigenvalue weighted by Gasteiger charge is -2.16. The molecule has 1 N–H and O–H groups in total. The largest absolute Gasteiger partial charge is 0.385 e. The summed E-state index contributed by atoms with van der Waals surface area (Å²) < 4.78 is 5.03. The Kier molecular flexibility index (Phi) is 4.96. The molecule has 0 saturated heterocycles. The fourth-order valence-corrected chi connectivity index (χ4v) is 1.55. The summed E-state index contributed by atoms with van der Waals surface area (Å²) in [5, 5.41) is 3.82. The molecule has 1 heterocycles. The molecule has 0 aliphatic rings. The SMILES string of the molecule is COCCC(C)Nc1nc(C)nc(Cl)c1C. The molecule has 0 aromatic carbocycles. The Balaban J connectivity index is 2.72. The molecule has 0 radical (unpaired) electrons. The van der Waals surface area contributed by atoms with Gasteiger partial charge in [-0.2, -0.15) is 0 Å². The van der Waals surface area contributed by atoms with E-state index in [2.05, 4.69) is 22.2 Å². The number of halogens is 1. The molecule has 0 saturated carbocycles. The zero-order valence-corrected chi connectivity index (χ0v) is 10.9. The molecule has 0 amide bonds. The molecule has 0 fully saturated rings. The number of ether oxygens (including phenoxy) is 1. The van der Waals surface area contributed by atoms with Gasteiger partial charge >= 0.3 is 0 Å². The predicted molar refractivity (Wildman–Crippen MR) is 66.1 cm³/mol. The Morgan fingerprint density at radius 1 is 1.38 bits per heavy atom. The third-order valence-electron chi connectivity index (χ3n) is 2.34. The number of anilines is 1. The Morgan fingerprint density at radius 3 is 2.69 bits per heavy atom. The van der Waals surface area contributed by atoms with Gasteiger partial charge in [-0.05, 0) is 27.2 Å². The highest BCUT2D eigenvalue weighted by molar-refractivity contribution is 6.30. The van der Waals surface area contributed by atoms with Crippen LogP contribution < -0.4 is 5.32 Å². The van der Waals surface area contributed by atoms with Crippen LogP contribution in [0.2, 0.25) is 5.15 Å². The van der Waals surface area contributed by atoms with Crippen molar-refractivity contribution in [3.8, 4) is 0 Å². The highest BCUT2D eigenvalue weighted by Gasteiger charge is 2.09. The maximum Gasteiger partial charge on any atom is 0.137 e. The lowest BCUT2D eigenvalue weighted by Crippen LogP contribution is -2.19. The first-order valence-corrected chi connectivity index (χ1v) is 5.68. The van der Waals surface area contributed by atoms with Crippen molar-refractivity contribution < 1.29 is 4.74 Å². The van der Waals surface area contributed by atoms with Crippen LogP contribution in [0.5, 0.6) is 0 Å². The zero-order valence-electron chi connectivity index (χ0n) is 10.2. The molecule has 16 heavy (non-hydrogen) atoms. The third kappa shape index (κ3) is 3.61. The summed E-state index contributed by atoms with van der Waals surface area (Å²) in [7, 11) is 1.70. The number of hydrogen-bond donors (Lipinski definition) is 1. The fraction of sp³-hybridized carbons (Fsp3) is 0.636. The number of rotatable bonds is 5. The molecule has 1 unspecified atom stereocenters. The fourth-order valence-electron chi connectivity index (χ4n) is 1.33. The molecule has 5 heteroatoms. The minimum absolute atomic E-state index is 0.295. The molecule has 0 bridgehead atoms. The van der Waals surface area contributed by atoms with Crippen LogP contribution in [-0.4, -0.2) is 29.7 Å². The quantitative estimate of drug-likeness (QED) is 0.808. The lowest BCUT2D eigenvalue weighted by molar-refractivity contribution is 0.191. The Bertz CT molecular complexity index is 357. The summed E-state index contributed by atoms with van der Waals surface area (Å²) in [6, 6.07) is 0.295. The van der Waals surface area contributed by atoms with Gasteiger partial charge in [-0.15, -0.1) is 0 Å². The lowest BCUT2D eigenvalue weighted by atomic mass is 10.2. The number of aryl methyl sites for hydroxylation is 1. The predicted octanol–water partition coefficient (Wildman–Crippen LogP) is 2.58. The zero-order chi connectivity index (χ0) is 12.1. The van der Waals surface area contributed by atoms with Gasteiger partial charge in [0.25, 0.3) is 0 Å². The van der Waals surface area contributed by atoms with Gasteiger partial charge in [-0.1, -0.05) is 11.6 Å². The van der Waals surface area contributed by atoms with Gasteiger partial charge in [0.2, 0.25) is 0 Å². The van der Waals surface area contributed by atoms with Crippen molar-refractivity contribution in [3.05, 3.63) is 16.5 Å². The van der Waals surface area contributed by atoms with Gasteiger partial charge in [0.1, 0.15) is 16.8 Å². The van der Waals surface area contributed by atoms with Crippen LogP contribution in [0.1, 0.15) is 24.7 Å². The van der Waals surface area contributed by atoms with Crippen LogP contribution in [-0.2, 0) is 4.74 Å². The van der Waals surface area contributed by atoms with E-state index < -0.39 is 0 Å². The summed E-state index contributed by atoms with van der Waals surface area (Å²) in [5.74, 6) is 1.48. The molecule has 1 rings (SSSR count). The maximum absolute atomic E-state index is 5.99. The molecular formula is C11H18ClN3O.